The molecule has 4 nitrogen and oxygen atoms in total. The van der Waals surface area contributed by atoms with Crippen molar-refractivity contribution in [1.82, 2.24) is 4.57 Å². The average Bonchev–Trinajstić information content (AvgIpc) is 2.96. The number of nitrogens with zero attached hydrogens (tertiary/aromatic N) is 2. The second kappa shape index (κ2) is 7.70. The third-order valence-electron chi connectivity index (χ3n) is 4.23. The number of hydrogen-bond donors (Lipinski definition) is 0. The van der Waals surface area contributed by atoms with Crippen molar-refractivity contribution >= 4 is 27.5 Å². The van der Waals surface area contributed by atoms with Gasteiger partial charge in [0.25, 0.3) is 5.91 Å². The predicted octanol–water partition coefficient (Wildman–Crippen LogP) is 4.65. The minimum atomic E-state index is -0.240. The van der Waals surface area contributed by atoms with E-state index in [1.807, 2.05) is 61.7 Å². The lowest BCUT2D eigenvalue weighted by molar-refractivity contribution is 0.0998. The van der Waals surface area contributed by atoms with Gasteiger partial charge in [-0.15, -0.1) is 6.58 Å². The third kappa shape index (κ3) is 3.48. The molecule has 0 N–H and O–H groups in total. The van der Waals surface area contributed by atoms with E-state index in [4.69, 9.17) is 4.74 Å². The number of amides is 1. The number of carbonyl (C=O) groups excluding carboxylic acids is 1. The molecule has 3 aromatic rings. The van der Waals surface area contributed by atoms with Crippen molar-refractivity contribution in [2.24, 2.45) is 4.99 Å². The number of thiazole rings is 1. The maximum atomic E-state index is 12.7. The molecule has 0 unspecified atom stereocenters. The van der Waals surface area contributed by atoms with Crippen LogP contribution in [0.3, 0.4) is 0 Å². The minimum Gasteiger partial charge on any atom is -0.492 e. The molecule has 1 heterocycles. The first-order chi connectivity index (χ1) is 12.5. The topological polar surface area (TPSA) is 43.6 Å². The molecule has 0 radical (unpaired) electrons. The van der Waals surface area contributed by atoms with Crippen molar-refractivity contribution in [2.45, 2.75) is 27.3 Å². The fourth-order valence-electron chi connectivity index (χ4n) is 2.78. The van der Waals surface area contributed by atoms with E-state index in [0.29, 0.717) is 23.5 Å². The molecule has 0 aliphatic carbocycles. The number of rotatable bonds is 5. The van der Waals surface area contributed by atoms with E-state index < -0.39 is 0 Å². The van der Waals surface area contributed by atoms with Crippen LogP contribution in [0.25, 0.3) is 10.2 Å². The van der Waals surface area contributed by atoms with Crippen LogP contribution < -0.4 is 9.54 Å². The summed E-state index contributed by atoms with van der Waals surface area (Å²) >= 11 is 1.48. The zero-order valence-corrected chi connectivity index (χ0v) is 16.1. The molecule has 5 heteroatoms. The first kappa shape index (κ1) is 18.1. The normalized spacial score (nSPS) is 11.7. The highest BCUT2D eigenvalue weighted by atomic mass is 32.1. The lowest BCUT2D eigenvalue weighted by Gasteiger charge is -2.08. The van der Waals surface area contributed by atoms with Crippen LogP contribution in [0, 0.1) is 13.8 Å². The number of carbonyl (C=O) groups is 1. The van der Waals surface area contributed by atoms with E-state index >= 15 is 0 Å². The van der Waals surface area contributed by atoms with Gasteiger partial charge in [-0.3, -0.25) is 4.79 Å². The number of aryl methyl sites for hydroxylation is 2. The van der Waals surface area contributed by atoms with E-state index in [2.05, 4.69) is 11.6 Å². The number of aromatic nitrogens is 1. The molecule has 0 bridgehead atoms. The van der Waals surface area contributed by atoms with Crippen LogP contribution in [0.15, 0.2) is 54.0 Å². The third-order valence-corrected chi connectivity index (χ3v) is 5.27. The molecule has 0 aliphatic heterocycles. The van der Waals surface area contributed by atoms with Gasteiger partial charge in [-0.1, -0.05) is 29.5 Å². The second-order valence-electron chi connectivity index (χ2n) is 6.04. The van der Waals surface area contributed by atoms with Crippen molar-refractivity contribution in [3.05, 3.63) is 70.5 Å². The van der Waals surface area contributed by atoms with Gasteiger partial charge < -0.3 is 9.30 Å². The highest BCUT2D eigenvalue weighted by molar-refractivity contribution is 7.16. The van der Waals surface area contributed by atoms with E-state index in [1.165, 1.54) is 11.3 Å². The maximum absolute atomic E-state index is 12.7. The van der Waals surface area contributed by atoms with Crippen LogP contribution in [0.1, 0.15) is 28.4 Å². The number of benzene rings is 2. The highest BCUT2D eigenvalue weighted by Crippen LogP contribution is 2.27. The molecule has 0 atom stereocenters. The molecular formula is C21H22N2O2S. The molecule has 2 aromatic carbocycles. The average molecular weight is 366 g/mol. The van der Waals surface area contributed by atoms with Gasteiger partial charge in [-0.2, -0.15) is 4.99 Å². The Kier molecular flexibility index (Phi) is 5.38. The maximum Gasteiger partial charge on any atom is 0.279 e. The zero-order chi connectivity index (χ0) is 18.7. The molecular weight excluding hydrogens is 344 g/mol. The van der Waals surface area contributed by atoms with Gasteiger partial charge in [-0.05, 0) is 56.2 Å². The molecule has 1 amide bonds. The molecule has 3 rings (SSSR count). The molecule has 1 aromatic heterocycles. The van der Waals surface area contributed by atoms with E-state index in [1.54, 1.807) is 6.08 Å². The Hall–Kier alpha value is -2.66. The number of para-hydroxylation sites is 1. The van der Waals surface area contributed by atoms with E-state index in [0.717, 1.165) is 27.1 Å². The Morgan fingerprint density at radius 2 is 2.08 bits per heavy atom. The van der Waals surface area contributed by atoms with Crippen LogP contribution >= 0.6 is 11.3 Å². The van der Waals surface area contributed by atoms with Gasteiger partial charge >= 0.3 is 0 Å². The van der Waals surface area contributed by atoms with Crippen LogP contribution in [0.5, 0.6) is 5.75 Å². The van der Waals surface area contributed by atoms with Gasteiger partial charge in [0.1, 0.15) is 11.3 Å². The van der Waals surface area contributed by atoms with Gasteiger partial charge in [0, 0.05) is 12.1 Å². The Morgan fingerprint density at radius 3 is 2.77 bits per heavy atom. The number of allylic oxidation sites excluding steroid dienone is 1. The van der Waals surface area contributed by atoms with Gasteiger partial charge in [-0.25, -0.2) is 0 Å². The monoisotopic (exact) mass is 366 g/mol. The summed E-state index contributed by atoms with van der Waals surface area (Å²) in [7, 11) is 0. The summed E-state index contributed by atoms with van der Waals surface area (Å²) in [5.41, 5.74) is 3.79. The largest absolute Gasteiger partial charge is 0.492 e. The standard InChI is InChI=1S/C21H22N2O2S/c1-5-12-23-19-17(25-6-2)8-7-9-18(19)26-21(23)22-20(24)16-11-10-14(3)15(4)13-16/h5,7-11,13H,1,6,12H2,2-4H3. The first-order valence-electron chi connectivity index (χ1n) is 8.57. The fourth-order valence-corrected chi connectivity index (χ4v) is 3.83. The molecule has 26 heavy (non-hydrogen) atoms. The van der Waals surface area contributed by atoms with E-state index in [9.17, 15) is 4.79 Å². The van der Waals surface area contributed by atoms with Crippen molar-refractivity contribution in [3.8, 4) is 5.75 Å². The number of ether oxygens (including phenoxy) is 1. The summed E-state index contributed by atoms with van der Waals surface area (Å²) < 4.78 is 8.78. The molecule has 134 valence electrons. The lowest BCUT2D eigenvalue weighted by atomic mass is 10.1. The van der Waals surface area contributed by atoms with Crippen molar-refractivity contribution in [2.75, 3.05) is 6.61 Å². The molecule has 0 fully saturated rings. The Balaban J connectivity index is 2.16. The van der Waals surface area contributed by atoms with Crippen LogP contribution in [-0.2, 0) is 6.54 Å². The summed E-state index contributed by atoms with van der Waals surface area (Å²) in [5, 5.41) is 0. The number of fused-ring (bicyclic) bond motifs is 1. The summed E-state index contributed by atoms with van der Waals surface area (Å²) in [4.78, 5) is 17.7. The minimum absolute atomic E-state index is 0.240. The molecule has 0 aliphatic rings. The molecule has 0 saturated heterocycles. The van der Waals surface area contributed by atoms with Crippen LogP contribution in [0.2, 0.25) is 0 Å². The SMILES string of the molecule is C=CCn1c(=NC(=O)c2ccc(C)c(C)c2)sc2cccc(OCC)c21. The summed E-state index contributed by atoms with van der Waals surface area (Å²) in [5.74, 6) is 0.554. The quantitative estimate of drug-likeness (QED) is 0.617. The van der Waals surface area contributed by atoms with Crippen LogP contribution in [-0.4, -0.2) is 17.1 Å². The van der Waals surface area contributed by atoms with Crippen molar-refractivity contribution in [1.29, 1.82) is 0 Å². The second-order valence-corrected chi connectivity index (χ2v) is 7.04. The van der Waals surface area contributed by atoms with E-state index in [-0.39, 0.29) is 5.91 Å². The number of hydrogen-bond acceptors (Lipinski definition) is 3. The predicted molar refractivity (Wildman–Crippen MR) is 107 cm³/mol. The van der Waals surface area contributed by atoms with Crippen molar-refractivity contribution < 1.29 is 9.53 Å². The smallest absolute Gasteiger partial charge is 0.279 e. The Morgan fingerprint density at radius 1 is 1.27 bits per heavy atom. The van der Waals surface area contributed by atoms with Gasteiger partial charge in [0.15, 0.2) is 4.80 Å². The first-order valence-corrected chi connectivity index (χ1v) is 9.39. The van der Waals surface area contributed by atoms with Crippen molar-refractivity contribution in [3.63, 3.8) is 0 Å². The molecule has 0 spiro atoms. The molecule has 0 saturated carbocycles. The summed E-state index contributed by atoms with van der Waals surface area (Å²) in [6, 6.07) is 11.6. The zero-order valence-electron chi connectivity index (χ0n) is 15.3. The van der Waals surface area contributed by atoms with Crippen LogP contribution in [0.4, 0.5) is 0 Å². The Labute approximate surface area is 157 Å². The van der Waals surface area contributed by atoms with Gasteiger partial charge in [0.2, 0.25) is 0 Å². The Bertz CT molecular complexity index is 1040. The highest BCUT2D eigenvalue weighted by Gasteiger charge is 2.13. The summed E-state index contributed by atoms with van der Waals surface area (Å²) in [6.07, 6.45) is 1.80. The van der Waals surface area contributed by atoms with Gasteiger partial charge in [0.05, 0.1) is 11.3 Å². The lowest BCUT2D eigenvalue weighted by Crippen LogP contribution is -2.16. The fraction of sp³-hybridized carbons (Fsp3) is 0.238. The summed E-state index contributed by atoms with van der Waals surface area (Å²) in [6.45, 7) is 11.0.